The summed E-state index contributed by atoms with van der Waals surface area (Å²) in [5.41, 5.74) is 5.43. The molecule has 0 bridgehead atoms. The molecule has 0 aromatic rings. The summed E-state index contributed by atoms with van der Waals surface area (Å²) in [4.78, 5) is 0. The van der Waals surface area contributed by atoms with Gasteiger partial charge in [-0.25, -0.2) is 0 Å². The van der Waals surface area contributed by atoms with Crippen LogP contribution in [0.2, 0.25) is 25.7 Å². The maximum atomic E-state index is 6.02. The van der Waals surface area contributed by atoms with Crippen molar-refractivity contribution in [2.45, 2.75) is 32.1 Å². The summed E-state index contributed by atoms with van der Waals surface area (Å²) < 4.78 is 6.02. The summed E-state index contributed by atoms with van der Waals surface area (Å²) in [5.74, 6) is 0. The molecule has 0 rings (SSSR count). The molecule has 2 N–H and O–H groups in total. The summed E-state index contributed by atoms with van der Waals surface area (Å²) in [6.07, 6.45) is 1.17. The normalized spacial score (nSPS) is 15.3. The van der Waals surface area contributed by atoms with Crippen molar-refractivity contribution >= 4 is 26.6 Å². The molecule has 0 aromatic heterocycles. The second kappa shape index (κ2) is 5.26. The van der Waals surface area contributed by atoms with Crippen LogP contribution in [0.3, 0.4) is 0 Å². The van der Waals surface area contributed by atoms with Gasteiger partial charge in [-0.1, -0.05) is 0 Å². The molecule has 0 aliphatic heterocycles. The van der Waals surface area contributed by atoms with Crippen molar-refractivity contribution in [1.29, 1.82) is 0 Å². The molecule has 0 saturated carbocycles. The van der Waals surface area contributed by atoms with Gasteiger partial charge in [0.1, 0.15) is 8.56 Å². The molecule has 0 aliphatic carbocycles. The maximum Gasteiger partial charge on any atom is 0.169 e. The van der Waals surface area contributed by atoms with E-state index in [-0.39, 0.29) is 0 Å². The third-order valence-electron chi connectivity index (χ3n) is 1.37. The summed E-state index contributed by atoms with van der Waals surface area (Å²) in [5, 5.41) is 0. The van der Waals surface area contributed by atoms with E-state index >= 15 is 0 Å². The highest BCUT2D eigenvalue weighted by molar-refractivity contribution is 7.03. The van der Waals surface area contributed by atoms with E-state index in [2.05, 4.69) is 19.6 Å². The molecular formula is C6H21NOSi3. The van der Waals surface area contributed by atoms with Crippen molar-refractivity contribution in [3.63, 3.8) is 0 Å². The van der Waals surface area contributed by atoms with Crippen molar-refractivity contribution in [2.75, 3.05) is 6.54 Å². The van der Waals surface area contributed by atoms with E-state index in [4.69, 9.17) is 9.85 Å². The van der Waals surface area contributed by atoms with E-state index in [0.717, 1.165) is 6.54 Å². The predicted octanol–water partition coefficient (Wildman–Crippen LogP) is -0.227. The lowest BCUT2D eigenvalue weighted by molar-refractivity contribution is 0.583. The predicted molar refractivity (Wildman–Crippen MR) is 60.0 cm³/mol. The largest absolute Gasteiger partial charge is 0.461 e. The Labute approximate surface area is 75.6 Å². The number of rotatable bonds is 5. The van der Waals surface area contributed by atoms with E-state index in [9.17, 15) is 0 Å². The third-order valence-corrected chi connectivity index (χ3v) is 10.9. The van der Waals surface area contributed by atoms with Crippen LogP contribution in [0.15, 0.2) is 0 Å². The van der Waals surface area contributed by atoms with Gasteiger partial charge < -0.3 is 9.85 Å². The molecule has 0 fully saturated rings. The van der Waals surface area contributed by atoms with Gasteiger partial charge in [-0.2, -0.15) is 0 Å². The van der Waals surface area contributed by atoms with Crippen molar-refractivity contribution in [2.24, 2.45) is 5.73 Å². The molecule has 2 nitrogen and oxygen atoms in total. The molecule has 0 spiro atoms. The first kappa shape index (κ1) is 11.6. The zero-order chi connectivity index (χ0) is 8.91. The monoisotopic (exact) mass is 207 g/mol. The van der Waals surface area contributed by atoms with Gasteiger partial charge >= 0.3 is 0 Å². The van der Waals surface area contributed by atoms with Crippen molar-refractivity contribution in [3.8, 4) is 0 Å². The highest BCUT2D eigenvalue weighted by atomic mass is 29.2. The number of hydrogen-bond acceptors (Lipinski definition) is 2. The average Bonchev–Trinajstić information content (AvgIpc) is 1.79. The van der Waals surface area contributed by atoms with Crippen LogP contribution in [0.4, 0.5) is 0 Å². The quantitative estimate of drug-likeness (QED) is 0.633. The highest BCUT2D eigenvalue weighted by Crippen LogP contribution is 2.06. The van der Waals surface area contributed by atoms with Crippen LogP contribution in [-0.4, -0.2) is 33.2 Å². The molecule has 0 radical (unpaired) electrons. The van der Waals surface area contributed by atoms with E-state index in [1.165, 1.54) is 22.2 Å². The van der Waals surface area contributed by atoms with Crippen LogP contribution in [0.5, 0.6) is 0 Å². The molecule has 11 heavy (non-hydrogen) atoms. The lowest BCUT2D eigenvalue weighted by Gasteiger charge is -2.22. The summed E-state index contributed by atoms with van der Waals surface area (Å²) >= 11 is 0. The zero-order valence-corrected chi connectivity index (χ0v) is 12.3. The Balaban J connectivity index is 3.44. The third kappa shape index (κ3) is 8.48. The fourth-order valence-corrected chi connectivity index (χ4v) is 14.8. The van der Waals surface area contributed by atoms with Crippen LogP contribution in [-0.2, 0) is 4.12 Å². The molecule has 0 aliphatic rings. The molecule has 0 heterocycles. The Kier molecular flexibility index (Phi) is 5.53. The van der Waals surface area contributed by atoms with Gasteiger partial charge in [0.05, 0.1) is 0 Å². The van der Waals surface area contributed by atoms with Crippen LogP contribution < -0.4 is 5.73 Å². The smallest absolute Gasteiger partial charge is 0.169 e. The molecule has 0 saturated heterocycles. The minimum absolute atomic E-state index is 0.724. The van der Waals surface area contributed by atoms with E-state index < -0.39 is 16.9 Å². The first-order valence-corrected chi connectivity index (χ1v) is 13.6. The molecule has 1 atom stereocenters. The fraction of sp³-hybridized carbons (Fsp3) is 1.00. The molecule has 5 heteroatoms. The highest BCUT2D eigenvalue weighted by Gasteiger charge is 2.17. The van der Waals surface area contributed by atoms with Crippen molar-refractivity contribution in [1.82, 2.24) is 0 Å². The Morgan fingerprint density at radius 2 is 2.00 bits per heavy atom. The Morgan fingerprint density at radius 3 is 2.36 bits per heavy atom. The standard InChI is InChI=1S/C6H21NOSi3/c1-11(2,3)8-10(9)6-4-5-7/h10H,4-7H2,1-3,9H3. The fourth-order valence-electron chi connectivity index (χ4n) is 1.07. The molecule has 0 aromatic carbocycles. The summed E-state index contributed by atoms with van der Waals surface area (Å²) in [6.45, 7) is 7.65. The zero-order valence-electron chi connectivity index (χ0n) is 8.18. The summed E-state index contributed by atoms with van der Waals surface area (Å²) in [7, 11) is -0.659. The topological polar surface area (TPSA) is 35.2 Å². The van der Waals surface area contributed by atoms with E-state index in [1.54, 1.807) is 0 Å². The van der Waals surface area contributed by atoms with Gasteiger partial charge in [-0.3, -0.25) is 0 Å². The number of hydrogen-bond donors (Lipinski definition) is 1. The second-order valence-corrected chi connectivity index (χ2v) is 15.2. The maximum absolute atomic E-state index is 6.02. The molecule has 0 amide bonds. The van der Waals surface area contributed by atoms with Crippen molar-refractivity contribution in [3.05, 3.63) is 0 Å². The van der Waals surface area contributed by atoms with Gasteiger partial charge in [-0.15, -0.1) is 0 Å². The minimum Gasteiger partial charge on any atom is -0.461 e. The second-order valence-electron chi connectivity index (χ2n) is 3.97. The van der Waals surface area contributed by atoms with Gasteiger partial charge in [0, 0.05) is 9.76 Å². The van der Waals surface area contributed by atoms with Gasteiger partial charge in [0.25, 0.3) is 0 Å². The van der Waals surface area contributed by atoms with Crippen LogP contribution >= 0.6 is 0 Å². The van der Waals surface area contributed by atoms with Crippen LogP contribution in [0, 0.1) is 0 Å². The lowest BCUT2D eigenvalue weighted by atomic mass is 10.5. The average molecular weight is 207 g/mol. The Morgan fingerprint density at radius 1 is 1.45 bits per heavy atom. The molecule has 1 unspecified atom stereocenters. The van der Waals surface area contributed by atoms with Crippen LogP contribution in [0.1, 0.15) is 6.42 Å². The van der Waals surface area contributed by atoms with Crippen LogP contribution in [0.25, 0.3) is 0 Å². The molecule has 68 valence electrons. The van der Waals surface area contributed by atoms with Gasteiger partial charge in [0.2, 0.25) is 0 Å². The SMILES string of the molecule is C[Si](C)(C)O[SiH]([SiH3])CCCN. The Bertz CT molecular complexity index is 104. The van der Waals surface area contributed by atoms with Gasteiger partial charge in [0.15, 0.2) is 8.32 Å². The first-order chi connectivity index (χ1) is 4.95. The Hall–Kier alpha value is 0.571. The molecular weight excluding hydrogens is 186 g/mol. The lowest BCUT2D eigenvalue weighted by Crippen LogP contribution is -2.35. The number of nitrogens with two attached hydrogens (primary N) is 1. The van der Waals surface area contributed by atoms with E-state index in [1.807, 2.05) is 0 Å². The van der Waals surface area contributed by atoms with Gasteiger partial charge in [-0.05, 0) is 38.7 Å². The summed E-state index contributed by atoms with van der Waals surface area (Å²) in [6, 6.07) is 1.30. The first-order valence-electron chi connectivity index (χ1n) is 4.33. The minimum atomic E-state index is -1.21. The van der Waals surface area contributed by atoms with E-state index in [0.29, 0.717) is 0 Å². The van der Waals surface area contributed by atoms with Crippen molar-refractivity contribution < 1.29 is 4.12 Å².